The molecule has 0 bridgehead atoms. The monoisotopic (exact) mass is 267 g/mol. The van der Waals surface area contributed by atoms with Crippen molar-refractivity contribution < 1.29 is 23.1 Å². The van der Waals surface area contributed by atoms with E-state index in [9.17, 15) is 13.6 Å². The molecule has 1 aromatic carbocycles. The molecule has 2 aromatic rings. The smallest absolute Gasteiger partial charge is 0.373 e. The van der Waals surface area contributed by atoms with Crippen LogP contribution in [0.2, 0.25) is 0 Å². The summed E-state index contributed by atoms with van der Waals surface area (Å²) >= 11 is 0. The van der Waals surface area contributed by atoms with Crippen LogP contribution in [0, 0.1) is 11.6 Å². The Balaban J connectivity index is 2.60. The molecule has 1 aromatic heterocycles. The molecule has 0 aliphatic carbocycles. The molecule has 0 amide bonds. The predicted molar refractivity (Wildman–Crippen MR) is 62.9 cm³/mol. The third-order valence-electron chi connectivity index (χ3n) is 2.55. The fourth-order valence-electron chi connectivity index (χ4n) is 1.65. The van der Waals surface area contributed by atoms with Crippen LogP contribution in [0.3, 0.4) is 0 Å². The topological polar surface area (TPSA) is 63.3 Å². The van der Waals surface area contributed by atoms with Crippen molar-refractivity contribution in [3.63, 3.8) is 0 Å². The second-order valence-electron chi connectivity index (χ2n) is 4.32. The maximum absolute atomic E-state index is 13.6. The van der Waals surface area contributed by atoms with Gasteiger partial charge in [-0.2, -0.15) is 0 Å². The van der Waals surface area contributed by atoms with Crippen molar-refractivity contribution in [2.45, 2.75) is 19.8 Å². The van der Waals surface area contributed by atoms with Crippen LogP contribution in [-0.4, -0.2) is 16.1 Å². The van der Waals surface area contributed by atoms with Crippen molar-refractivity contribution in [3.8, 4) is 11.5 Å². The first kappa shape index (κ1) is 13.2. The second kappa shape index (κ2) is 4.79. The molecule has 0 atom stereocenters. The quantitative estimate of drug-likeness (QED) is 0.925. The number of halogens is 2. The Hall–Kier alpha value is -2.24. The molecule has 6 heteroatoms. The van der Waals surface area contributed by atoms with Gasteiger partial charge in [-0.1, -0.05) is 13.8 Å². The SMILES string of the molecule is CC(C)c1nc(-c2cc(F)ccc2F)oc1C(=O)O. The molecule has 0 saturated carbocycles. The van der Waals surface area contributed by atoms with E-state index in [-0.39, 0.29) is 28.8 Å². The number of aromatic nitrogens is 1. The summed E-state index contributed by atoms with van der Waals surface area (Å²) in [5.74, 6) is -3.47. The van der Waals surface area contributed by atoms with Gasteiger partial charge in [0.25, 0.3) is 0 Å². The zero-order valence-electron chi connectivity index (χ0n) is 10.3. The van der Waals surface area contributed by atoms with Crippen molar-refractivity contribution in [2.75, 3.05) is 0 Å². The van der Waals surface area contributed by atoms with E-state index in [4.69, 9.17) is 9.52 Å². The molecule has 100 valence electrons. The summed E-state index contributed by atoms with van der Waals surface area (Å²) in [6.45, 7) is 3.46. The molecule has 0 aliphatic rings. The average Bonchev–Trinajstić information content (AvgIpc) is 2.77. The first-order chi connectivity index (χ1) is 8.90. The molecule has 4 nitrogen and oxygen atoms in total. The van der Waals surface area contributed by atoms with Crippen molar-refractivity contribution >= 4 is 5.97 Å². The largest absolute Gasteiger partial charge is 0.475 e. The number of rotatable bonds is 3. The second-order valence-corrected chi connectivity index (χ2v) is 4.32. The number of benzene rings is 1. The van der Waals surface area contributed by atoms with E-state index < -0.39 is 17.6 Å². The Labute approximate surface area is 107 Å². The lowest BCUT2D eigenvalue weighted by Gasteiger charge is -1.98. The van der Waals surface area contributed by atoms with Crippen LogP contribution in [0.25, 0.3) is 11.5 Å². The van der Waals surface area contributed by atoms with Gasteiger partial charge in [-0.15, -0.1) is 0 Å². The van der Waals surface area contributed by atoms with Gasteiger partial charge >= 0.3 is 5.97 Å². The molecule has 1 N–H and O–H groups in total. The van der Waals surface area contributed by atoms with Crippen molar-refractivity contribution in [2.24, 2.45) is 0 Å². The van der Waals surface area contributed by atoms with E-state index in [1.165, 1.54) is 0 Å². The highest BCUT2D eigenvalue weighted by atomic mass is 19.1. The fraction of sp³-hybridized carbons (Fsp3) is 0.231. The summed E-state index contributed by atoms with van der Waals surface area (Å²) in [6, 6.07) is 2.81. The first-order valence-electron chi connectivity index (χ1n) is 5.59. The minimum atomic E-state index is -1.29. The Morgan fingerprint density at radius 1 is 1.37 bits per heavy atom. The number of carboxylic acids is 1. The lowest BCUT2D eigenvalue weighted by atomic mass is 10.1. The number of hydrogen-bond acceptors (Lipinski definition) is 3. The number of aromatic carboxylic acids is 1. The Bertz CT molecular complexity index is 635. The summed E-state index contributed by atoms with van der Waals surface area (Å²) in [5, 5.41) is 9.00. The molecule has 0 saturated heterocycles. The van der Waals surface area contributed by atoms with Crippen LogP contribution in [0.1, 0.15) is 36.0 Å². The summed E-state index contributed by atoms with van der Waals surface area (Å²) in [4.78, 5) is 15.0. The number of nitrogens with zero attached hydrogens (tertiary/aromatic N) is 1. The van der Waals surface area contributed by atoms with Gasteiger partial charge < -0.3 is 9.52 Å². The molecule has 19 heavy (non-hydrogen) atoms. The predicted octanol–water partition coefficient (Wildman–Crippen LogP) is 3.44. The molecule has 0 spiro atoms. The van der Waals surface area contributed by atoms with Crippen LogP contribution in [-0.2, 0) is 0 Å². The fourth-order valence-corrected chi connectivity index (χ4v) is 1.65. The summed E-state index contributed by atoms with van der Waals surface area (Å²) < 4.78 is 31.7. The van der Waals surface area contributed by atoms with Gasteiger partial charge in [0.05, 0.1) is 11.3 Å². The third-order valence-corrected chi connectivity index (χ3v) is 2.55. The zero-order chi connectivity index (χ0) is 14.2. The lowest BCUT2D eigenvalue weighted by Crippen LogP contribution is -2.01. The molecule has 1 heterocycles. The minimum Gasteiger partial charge on any atom is -0.475 e. The number of carbonyl (C=O) groups is 1. The van der Waals surface area contributed by atoms with Crippen LogP contribution in [0.4, 0.5) is 8.78 Å². The molecule has 0 fully saturated rings. The molecule has 0 aliphatic heterocycles. The molecule has 2 rings (SSSR count). The summed E-state index contributed by atoms with van der Waals surface area (Å²) in [6.07, 6.45) is 0. The zero-order valence-corrected chi connectivity index (χ0v) is 10.3. The van der Waals surface area contributed by atoms with Gasteiger partial charge in [-0.25, -0.2) is 18.6 Å². The minimum absolute atomic E-state index is 0.200. The number of carboxylic acid groups (broad SMARTS) is 1. The van der Waals surface area contributed by atoms with Crippen molar-refractivity contribution in [1.29, 1.82) is 0 Å². The maximum Gasteiger partial charge on any atom is 0.373 e. The standard InChI is InChI=1S/C13H11F2NO3/c1-6(2)10-11(13(17)18)19-12(16-10)8-5-7(14)3-4-9(8)15/h3-6H,1-2H3,(H,17,18). The first-order valence-corrected chi connectivity index (χ1v) is 5.59. The summed E-state index contributed by atoms with van der Waals surface area (Å²) in [5.41, 5.74) is 0.000520. The third kappa shape index (κ3) is 2.47. The molecule has 0 unspecified atom stereocenters. The Morgan fingerprint density at radius 2 is 2.05 bits per heavy atom. The molecular formula is C13H11F2NO3. The van der Waals surface area contributed by atoms with Gasteiger partial charge in [-0.3, -0.25) is 0 Å². The van der Waals surface area contributed by atoms with E-state index in [0.29, 0.717) is 0 Å². The van der Waals surface area contributed by atoms with Gasteiger partial charge in [0.2, 0.25) is 11.7 Å². The normalized spacial score (nSPS) is 11.0. The highest BCUT2D eigenvalue weighted by Gasteiger charge is 2.23. The Kier molecular flexibility index (Phi) is 3.33. The summed E-state index contributed by atoms with van der Waals surface area (Å²) in [7, 11) is 0. The van der Waals surface area contributed by atoms with Gasteiger partial charge in [0.1, 0.15) is 11.6 Å². The van der Waals surface area contributed by atoms with Gasteiger partial charge in [-0.05, 0) is 24.1 Å². The number of oxazole rings is 1. The van der Waals surface area contributed by atoms with E-state index in [0.717, 1.165) is 18.2 Å². The van der Waals surface area contributed by atoms with E-state index in [1.807, 2.05) is 0 Å². The van der Waals surface area contributed by atoms with E-state index in [1.54, 1.807) is 13.8 Å². The molecular weight excluding hydrogens is 256 g/mol. The van der Waals surface area contributed by atoms with E-state index >= 15 is 0 Å². The lowest BCUT2D eigenvalue weighted by molar-refractivity contribution is 0.0661. The van der Waals surface area contributed by atoms with Gasteiger partial charge in [0, 0.05) is 0 Å². The van der Waals surface area contributed by atoms with Crippen LogP contribution >= 0.6 is 0 Å². The Morgan fingerprint density at radius 3 is 2.58 bits per heavy atom. The highest BCUT2D eigenvalue weighted by Crippen LogP contribution is 2.28. The van der Waals surface area contributed by atoms with Gasteiger partial charge in [0.15, 0.2) is 0 Å². The molecule has 0 radical (unpaired) electrons. The van der Waals surface area contributed by atoms with Crippen molar-refractivity contribution in [3.05, 3.63) is 41.3 Å². The maximum atomic E-state index is 13.6. The van der Waals surface area contributed by atoms with Crippen LogP contribution in [0.5, 0.6) is 0 Å². The average molecular weight is 267 g/mol. The number of hydrogen-bond donors (Lipinski definition) is 1. The van der Waals surface area contributed by atoms with Crippen LogP contribution in [0.15, 0.2) is 22.6 Å². The van der Waals surface area contributed by atoms with Crippen molar-refractivity contribution in [1.82, 2.24) is 4.98 Å². The highest BCUT2D eigenvalue weighted by molar-refractivity contribution is 5.86. The van der Waals surface area contributed by atoms with E-state index in [2.05, 4.69) is 4.98 Å². The van der Waals surface area contributed by atoms with Crippen LogP contribution < -0.4 is 0 Å².